The molecule has 160 valence electrons. The van der Waals surface area contributed by atoms with E-state index in [-0.39, 0.29) is 38.8 Å². The molecule has 0 N–H and O–H groups in total. The number of halogens is 2. The second-order valence-electron chi connectivity index (χ2n) is 7.38. The molecule has 0 saturated carbocycles. The third kappa shape index (κ3) is 2.89. The molecule has 5 rings (SSSR count). The van der Waals surface area contributed by atoms with E-state index in [1.54, 1.807) is 13.0 Å². The number of amides is 1. The van der Waals surface area contributed by atoms with E-state index in [2.05, 4.69) is 4.98 Å². The molecule has 0 fully saturated rings. The molecule has 2 aromatic heterocycles. The van der Waals surface area contributed by atoms with Crippen LogP contribution in [0.25, 0.3) is 11.0 Å². The van der Waals surface area contributed by atoms with Crippen LogP contribution in [0.5, 0.6) is 0 Å². The Hall–Kier alpha value is -3.72. The highest BCUT2D eigenvalue weighted by molar-refractivity contribution is 7.17. The lowest BCUT2D eigenvalue weighted by molar-refractivity contribution is 0.0969. The van der Waals surface area contributed by atoms with Crippen LogP contribution in [0.3, 0.4) is 0 Å². The Bertz CT molecular complexity index is 1510. The second kappa shape index (κ2) is 7.16. The Balaban J connectivity index is 1.83. The molecule has 0 saturated heterocycles. The molecule has 1 amide bonds. The lowest BCUT2D eigenvalue weighted by atomic mass is 9.98. The fraction of sp³-hybridized carbons (Fsp3) is 0.130. The van der Waals surface area contributed by atoms with Crippen molar-refractivity contribution in [1.29, 1.82) is 0 Å². The summed E-state index contributed by atoms with van der Waals surface area (Å²) in [5.74, 6) is -2.47. The van der Waals surface area contributed by atoms with Crippen molar-refractivity contribution < 1.29 is 22.8 Å². The monoisotopic (exact) mass is 452 g/mol. The maximum Gasteiger partial charge on any atom is 0.297 e. The van der Waals surface area contributed by atoms with Crippen LogP contribution < -0.4 is 10.3 Å². The normalized spacial score (nSPS) is 15.4. The number of carbonyl (C=O) groups is 2. The van der Waals surface area contributed by atoms with Crippen molar-refractivity contribution in [2.24, 2.45) is 0 Å². The summed E-state index contributed by atoms with van der Waals surface area (Å²) >= 11 is 0.974. The van der Waals surface area contributed by atoms with E-state index in [1.165, 1.54) is 31.2 Å². The highest BCUT2D eigenvalue weighted by atomic mass is 32.1. The van der Waals surface area contributed by atoms with Crippen LogP contribution in [0.2, 0.25) is 0 Å². The number of anilines is 1. The van der Waals surface area contributed by atoms with Crippen LogP contribution in [0, 0.1) is 18.6 Å². The minimum absolute atomic E-state index is 0.0392. The lowest BCUT2D eigenvalue weighted by Gasteiger charge is -2.22. The zero-order chi connectivity index (χ0) is 22.7. The zero-order valence-corrected chi connectivity index (χ0v) is 17.6. The number of hydrogen-bond donors (Lipinski definition) is 0. The molecule has 1 aliphatic rings. The van der Waals surface area contributed by atoms with E-state index >= 15 is 0 Å². The maximum absolute atomic E-state index is 14.9. The molecule has 0 aliphatic carbocycles. The lowest BCUT2D eigenvalue weighted by Crippen LogP contribution is -2.30. The molecule has 4 aromatic rings. The summed E-state index contributed by atoms with van der Waals surface area (Å²) in [4.78, 5) is 44.6. The van der Waals surface area contributed by atoms with Crippen molar-refractivity contribution >= 4 is 39.1 Å². The van der Waals surface area contributed by atoms with Crippen LogP contribution in [-0.2, 0) is 0 Å². The SMILES string of the molecule is CC(=O)c1sc(N2C(=O)c3oc4ccc(F)cc4c(=O)c3[C@H]2c2ccccc2F)nc1C. The van der Waals surface area contributed by atoms with E-state index in [1.807, 2.05) is 0 Å². The fourth-order valence-electron chi connectivity index (χ4n) is 3.95. The predicted octanol–water partition coefficient (Wildman–Crippen LogP) is 4.79. The predicted molar refractivity (Wildman–Crippen MR) is 114 cm³/mol. The van der Waals surface area contributed by atoms with Gasteiger partial charge in [-0.05, 0) is 31.2 Å². The van der Waals surface area contributed by atoms with Crippen molar-refractivity contribution in [3.8, 4) is 0 Å². The van der Waals surface area contributed by atoms with Gasteiger partial charge >= 0.3 is 0 Å². The first-order valence-electron chi connectivity index (χ1n) is 9.60. The minimum Gasteiger partial charge on any atom is -0.450 e. The first-order chi connectivity index (χ1) is 15.3. The Kier molecular flexibility index (Phi) is 4.52. The summed E-state index contributed by atoms with van der Waals surface area (Å²) < 4.78 is 34.4. The molecule has 0 unspecified atom stereocenters. The number of fused-ring (bicyclic) bond motifs is 2. The number of carbonyl (C=O) groups excluding carboxylic acids is 2. The van der Waals surface area contributed by atoms with E-state index < -0.39 is 29.0 Å². The average Bonchev–Trinajstić information content (AvgIpc) is 3.27. The number of hydrogen-bond acceptors (Lipinski definition) is 6. The molecular weight excluding hydrogens is 438 g/mol. The van der Waals surface area contributed by atoms with Gasteiger partial charge in [0.25, 0.3) is 5.91 Å². The van der Waals surface area contributed by atoms with Gasteiger partial charge in [0.1, 0.15) is 23.3 Å². The van der Waals surface area contributed by atoms with Gasteiger partial charge in [0.15, 0.2) is 16.3 Å². The van der Waals surface area contributed by atoms with Gasteiger partial charge in [-0.2, -0.15) is 0 Å². The molecule has 1 aliphatic heterocycles. The number of rotatable bonds is 3. The first-order valence-corrected chi connectivity index (χ1v) is 10.4. The summed E-state index contributed by atoms with van der Waals surface area (Å²) in [5, 5.41) is 0.0754. The fourth-order valence-corrected chi connectivity index (χ4v) is 4.93. The summed E-state index contributed by atoms with van der Waals surface area (Å²) in [5.41, 5.74) is -0.224. The Morgan fingerprint density at radius 3 is 2.59 bits per heavy atom. The van der Waals surface area contributed by atoms with Gasteiger partial charge in [-0.3, -0.25) is 19.3 Å². The largest absolute Gasteiger partial charge is 0.450 e. The molecule has 1 atom stereocenters. The summed E-state index contributed by atoms with van der Waals surface area (Å²) in [6.45, 7) is 3.01. The summed E-state index contributed by atoms with van der Waals surface area (Å²) in [6, 6.07) is 7.95. The number of nitrogens with zero attached hydrogens (tertiary/aromatic N) is 2. The van der Waals surface area contributed by atoms with E-state index in [0.717, 1.165) is 28.4 Å². The number of thiazole rings is 1. The smallest absolute Gasteiger partial charge is 0.297 e. The highest BCUT2D eigenvalue weighted by Gasteiger charge is 2.46. The van der Waals surface area contributed by atoms with Crippen LogP contribution >= 0.6 is 11.3 Å². The number of aryl methyl sites for hydroxylation is 1. The third-order valence-corrected chi connectivity index (χ3v) is 6.60. The molecular formula is C23H14F2N2O4S. The molecule has 32 heavy (non-hydrogen) atoms. The molecule has 2 aromatic carbocycles. The Labute approximate surface area is 183 Å². The third-order valence-electron chi connectivity index (χ3n) is 5.34. The Morgan fingerprint density at radius 1 is 1.16 bits per heavy atom. The summed E-state index contributed by atoms with van der Waals surface area (Å²) in [7, 11) is 0. The number of ketones is 1. The van der Waals surface area contributed by atoms with Gasteiger partial charge in [0, 0.05) is 12.5 Å². The van der Waals surface area contributed by atoms with Crippen LogP contribution in [0.4, 0.5) is 13.9 Å². The van der Waals surface area contributed by atoms with Gasteiger partial charge in [-0.15, -0.1) is 0 Å². The van der Waals surface area contributed by atoms with Crippen LogP contribution in [0.15, 0.2) is 51.7 Å². The van der Waals surface area contributed by atoms with Gasteiger partial charge in [0.2, 0.25) is 5.76 Å². The van der Waals surface area contributed by atoms with Gasteiger partial charge in [-0.25, -0.2) is 13.8 Å². The van der Waals surface area contributed by atoms with Crippen molar-refractivity contribution in [3.05, 3.63) is 91.8 Å². The molecule has 6 nitrogen and oxygen atoms in total. The van der Waals surface area contributed by atoms with Gasteiger partial charge in [0.05, 0.1) is 21.5 Å². The second-order valence-corrected chi connectivity index (χ2v) is 8.36. The van der Waals surface area contributed by atoms with Crippen molar-refractivity contribution in [2.45, 2.75) is 19.9 Å². The molecule has 0 radical (unpaired) electrons. The van der Waals surface area contributed by atoms with Crippen LogP contribution in [-0.4, -0.2) is 16.7 Å². The van der Waals surface area contributed by atoms with Crippen LogP contribution in [0.1, 0.15) is 50.0 Å². The quantitative estimate of drug-likeness (QED) is 0.418. The van der Waals surface area contributed by atoms with E-state index in [0.29, 0.717) is 10.6 Å². The van der Waals surface area contributed by atoms with Gasteiger partial charge in [-0.1, -0.05) is 29.5 Å². The van der Waals surface area contributed by atoms with E-state index in [4.69, 9.17) is 4.42 Å². The number of aromatic nitrogens is 1. The van der Waals surface area contributed by atoms with Crippen molar-refractivity contribution in [1.82, 2.24) is 4.98 Å². The highest BCUT2D eigenvalue weighted by Crippen LogP contribution is 2.43. The van der Waals surface area contributed by atoms with Crippen molar-refractivity contribution in [3.63, 3.8) is 0 Å². The maximum atomic E-state index is 14.9. The number of benzene rings is 2. The molecule has 9 heteroatoms. The summed E-state index contributed by atoms with van der Waals surface area (Å²) in [6.07, 6.45) is 0. The van der Waals surface area contributed by atoms with Crippen molar-refractivity contribution in [2.75, 3.05) is 4.90 Å². The average molecular weight is 452 g/mol. The van der Waals surface area contributed by atoms with Gasteiger partial charge < -0.3 is 4.42 Å². The standard InChI is InChI=1S/C23H14F2N2O4S/c1-10-21(11(2)28)32-23(26-10)27-18(13-5-3-4-6-15(13)25)17-19(29)14-9-12(24)7-8-16(14)31-20(17)22(27)30/h3-9,18H,1-2H3/t18-/m1/s1. The topological polar surface area (TPSA) is 80.5 Å². The van der Waals surface area contributed by atoms with E-state index in [9.17, 15) is 23.2 Å². The Morgan fingerprint density at radius 2 is 1.91 bits per heavy atom. The minimum atomic E-state index is -1.19. The molecule has 3 heterocycles. The first kappa shape index (κ1) is 20.2. The zero-order valence-electron chi connectivity index (χ0n) is 16.8. The number of Topliss-reactive ketones (excluding diaryl/α,β-unsaturated/α-hetero) is 1. The molecule has 0 bridgehead atoms. The molecule has 0 spiro atoms.